The fourth-order valence-corrected chi connectivity index (χ4v) is 3.97. The SMILES string of the molecule is Cn1ncnc1CN[C@H](c1ccccc1)[C@@H]1CCCc2ccccc21. The molecule has 4 heteroatoms. The van der Waals surface area contributed by atoms with Crippen LogP contribution in [0.15, 0.2) is 60.9 Å². The quantitative estimate of drug-likeness (QED) is 0.773. The van der Waals surface area contributed by atoms with Crippen LogP contribution in [0, 0.1) is 0 Å². The third-order valence-corrected chi connectivity index (χ3v) is 5.26. The van der Waals surface area contributed by atoms with Crippen LogP contribution in [0.4, 0.5) is 0 Å². The first-order valence-corrected chi connectivity index (χ1v) is 9.02. The van der Waals surface area contributed by atoms with Gasteiger partial charge in [0.25, 0.3) is 0 Å². The first-order valence-electron chi connectivity index (χ1n) is 9.02. The molecular formula is C21H24N4. The van der Waals surface area contributed by atoms with Crippen LogP contribution < -0.4 is 5.32 Å². The zero-order valence-corrected chi connectivity index (χ0v) is 14.6. The molecule has 128 valence electrons. The van der Waals surface area contributed by atoms with E-state index in [0.29, 0.717) is 12.5 Å². The number of hydrogen-bond acceptors (Lipinski definition) is 3. The Morgan fingerprint density at radius 3 is 2.72 bits per heavy atom. The number of fused-ring (bicyclic) bond motifs is 1. The van der Waals surface area contributed by atoms with Crippen LogP contribution >= 0.6 is 0 Å². The van der Waals surface area contributed by atoms with E-state index in [0.717, 1.165) is 5.82 Å². The van der Waals surface area contributed by atoms with Gasteiger partial charge in [0.15, 0.2) is 0 Å². The summed E-state index contributed by atoms with van der Waals surface area (Å²) >= 11 is 0. The Kier molecular flexibility index (Phi) is 4.61. The Morgan fingerprint density at radius 2 is 1.92 bits per heavy atom. The molecule has 1 aliphatic rings. The summed E-state index contributed by atoms with van der Waals surface area (Å²) in [5, 5.41) is 7.95. The molecule has 3 aromatic rings. The molecule has 1 aromatic heterocycles. The molecular weight excluding hydrogens is 308 g/mol. The van der Waals surface area contributed by atoms with Crippen molar-refractivity contribution >= 4 is 0 Å². The van der Waals surface area contributed by atoms with Gasteiger partial charge in [0, 0.05) is 19.0 Å². The Balaban J connectivity index is 1.65. The third kappa shape index (κ3) is 3.35. The summed E-state index contributed by atoms with van der Waals surface area (Å²) in [6.45, 7) is 0.717. The highest BCUT2D eigenvalue weighted by atomic mass is 15.3. The lowest BCUT2D eigenvalue weighted by molar-refractivity contribution is 0.393. The molecule has 0 saturated carbocycles. The van der Waals surface area contributed by atoms with Gasteiger partial charge in [0.2, 0.25) is 0 Å². The highest BCUT2D eigenvalue weighted by Gasteiger charge is 2.28. The molecule has 25 heavy (non-hydrogen) atoms. The number of rotatable bonds is 5. The zero-order valence-electron chi connectivity index (χ0n) is 14.6. The smallest absolute Gasteiger partial charge is 0.140 e. The van der Waals surface area contributed by atoms with Gasteiger partial charge in [-0.1, -0.05) is 54.6 Å². The molecule has 4 rings (SSSR count). The molecule has 1 aliphatic carbocycles. The van der Waals surface area contributed by atoms with Crippen LogP contribution in [0.5, 0.6) is 0 Å². The third-order valence-electron chi connectivity index (χ3n) is 5.26. The molecule has 1 heterocycles. The van der Waals surface area contributed by atoms with Crippen molar-refractivity contribution in [2.45, 2.75) is 37.8 Å². The maximum absolute atomic E-state index is 4.36. The standard InChI is InChI=1S/C21H24N4/c1-25-20(23-15-24-25)14-22-21(17-9-3-2-4-10-17)19-13-7-11-16-8-5-6-12-18(16)19/h2-6,8-10,12,15,19,21-22H,7,11,13-14H2,1H3/t19-,21-/m1/s1. The van der Waals surface area contributed by atoms with Gasteiger partial charge in [-0.15, -0.1) is 0 Å². The molecule has 2 aromatic carbocycles. The highest BCUT2D eigenvalue weighted by molar-refractivity contribution is 5.36. The van der Waals surface area contributed by atoms with Gasteiger partial charge in [-0.2, -0.15) is 5.10 Å². The first-order chi connectivity index (χ1) is 12.3. The molecule has 0 radical (unpaired) electrons. The van der Waals surface area contributed by atoms with Crippen LogP contribution in [0.3, 0.4) is 0 Å². The van der Waals surface area contributed by atoms with Gasteiger partial charge in [-0.05, 0) is 36.0 Å². The average molecular weight is 332 g/mol. The van der Waals surface area contributed by atoms with E-state index in [2.05, 4.69) is 70.0 Å². The molecule has 2 atom stereocenters. The number of nitrogens with one attached hydrogen (secondary N) is 1. The molecule has 0 fully saturated rings. The van der Waals surface area contributed by atoms with Crippen molar-refractivity contribution in [3.8, 4) is 0 Å². The lowest BCUT2D eigenvalue weighted by Crippen LogP contribution is -2.30. The van der Waals surface area contributed by atoms with Crippen LogP contribution in [-0.4, -0.2) is 14.8 Å². The molecule has 4 nitrogen and oxygen atoms in total. The van der Waals surface area contributed by atoms with Crippen molar-refractivity contribution in [2.75, 3.05) is 0 Å². The van der Waals surface area contributed by atoms with Crippen molar-refractivity contribution < 1.29 is 0 Å². The topological polar surface area (TPSA) is 42.7 Å². The Bertz CT molecular complexity index is 825. The number of aromatic nitrogens is 3. The minimum Gasteiger partial charge on any atom is -0.302 e. The lowest BCUT2D eigenvalue weighted by atomic mass is 9.76. The number of hydrogen-bond donors (Lipinski definition) is 1. The van der Waals surface area contributed by atoms with Crippen LogP contribution in [0.1, 0.15) is 47.3 Å². The molecule has 0 amide bonds. The minimum absolute atomic E-state index is 0.277. The second kappa shape index (κ2) is 7.19. The van der Waals surface area contributed by atoms with E-state index in [4.69, 9.17) is 0 Å². The maximum atomic E-state index is 4.36. The second-order valence-corrected chi connectivity index (χ2v) is 6.77. The van der Waals surface area contributed by atoms with E-state index in [9.17, 15) is 0 Å². The number of benzene rings is 2. The van der Waals surface area contributed by atoms with Gasteiger partial charge in [0.05, 0.1) is 6.54 Å². The van der Waals surface area contributed by atoms with E-state index in [1.165, 1.54) is 36.0 Å². The van der Waals surface area contributed by atoms with Crippen molar-refractivity contribution in [1.29, 1.82) is 0 Å². The monoisotopic (exact) mass is 332 g/mol. The molecule has 0 saturated heterocycles. The van der Waals surface area contributed by atoms with Crippen LogP contribution in [0.2, 0.25) is 0 Å². The predicted octanol–water partition coefficient (Wildman–Crippen LogP) is 3.77. The van der Waals surface area contributed by atoms with Crippen LogP contribution in [0.25, 0.3) is 0 Å². The van der Waals surface area contributed by atoms with E-state index >= 15 is 0 Å². The lowest BCUT2D eigenvalue weighted by Gasteiger charge is -2.33. The van der Waals surface area contributed by atoms with Crippen molar-refractivity contribution in [1.82, 2.24) is 20.1 Å². The number of nitrogens with zero attached hydrogens (tertiary/aromatic N) is 3. The van der Waals surface area contributed by atoms with Crippen molar-refractivity contribution in [2.24, 2.45) is 7.05 Å². The van der Waals surface area contributed by atoms with Gasteiger partial charge >= 0.3 is 0 Å². The van der Waals surface area contributed by atoms with Gasteiger partial charge in [-0.3, -0.25) is 4.68 Å². The van der Waals surface area contributed by atoms with E-state index in [-0.39, 0.29) is 6.04 Å². The highest BCUT2D eigenvalue weighted by Crippen LogP contribution is 2.40. The van der Waals surface area contributed by atoms with Gasteiger partial charge in [-0.25, -0.2) is 4.98 Å². The summed E-state index contributed by atoms with van der Waals surface area (Å²) in [5.74, 6) is 1.45. The van der Waals surface area contributed by atoms with E-state index in [1.54, 1.807) is 6.33 Å². The molecule has 0 aliphatic heterocycles. The summed E-state index contributed by atoms with van der Waals surface area (Å²) in [7, 11) is 1.94. The second-order valence-electron chi connectivity index (χ2n) is 6.77. The van der Waals surface area contributed by atoms with Crippen LogP contribution in [-0.2, 0) is 20.0 Å². The summed E-state index contributed by atoms with van der Waals surface area (Å²) in [4.78, 5) is 4.36. The van der Waals surface area contributed by atoms with Gasteiger partial charge < -0.3 is 5.32 Å². The summed E-state index contributed by atoms with van der Waals surface area (Å²) in [5.41, 5.74) is 4.33. The summed E-state index contributed by atoms with van der Waals surface area (Å²) in [6.07, 6.45) is 5.26. The fraction of sp³-hybridized carbons (Fsp3) is 0.333. The molecule has 0 bridgehead atoms. The Morgan fingerprint density at radius 1 is 1.12 bits per heavy atom. The normalized spacial score (nSPS) is 17.9. The zero-order chi connectivity index (χ0) is 17.1. The minimum atomic E-state index is 0.277. The van der Waals surface area contributed by atoms with E-state index in [1.807, 2.05) is 11.7 Å². The molecule has 0 unspecified atom stereocenters. The Labute approximate surface area is 148 Å². The van der Waals surface area contributed by atoms with Crippen molar-refractivity contribution in [3.63, 3.8) is 0 Å². The molecule has 1 N–H and O–H groups in total. The summed E-state index contributed by atoms with van der Waals surface area (Å²) in [6, 6.07) is 20.0. The fourth-order valence-electron chi connectivity index (χ4n) is 3.97. The predicted molar refractivity (Wildman–Crippen MR) is 99.1 cm³/mol. The average Bonchev–Trinajstić information content (AvgIpc) is 3.08. The van der Waals surface area contributed by atoms with E-state index < -0.39 is 0 Å². The first kappa shape index (κ1) is 16.0. The maximum Gasteiger partial charge on any atom is 0.140 e. The number of aryl methyl sites for hydroxylation is 2. The molecule has 0 spiro atoms. The largest absolute Gasteiger partial charge is 0.302 e. The van der Waals surface area contributed by atoms with Crippen molar-refractivity contribution in [3.05, 3.63) is 83.4 Å². The Hall–Kier alpha value is -2.46. The summed E-state index contributed by atoms with van der Waals surface area (Å²) < 4.78 is 1.84. The van der Waals surface area contributed by atoms with Gasteiger partial charge in [0.1, 0.15) is 12.2 Å².